The maximum atomic E-state index is 10.8. The Balaban J connectivity index is -0.000000720. The summed E-state index contributed by atoms with van der Waals surface area (Å²) in [6, 6.07) is 0. The van der Waals surface area contributed by atoms with Gasteiger partial charge in [-0.25, -0.2) is 0 Å². The second-order valence-electron chi connectivity index (χ2n) is 3.13. The molecule has 0 aromatic rings. The Morgan fingerprint density at radius 2 is 1.60 bits per heavy atom. The number of ether oxygens (including phenoxy) is 1. The van der Waals surface area contributed by atoms with Crippen molar-refractivity contribution in [1.82, 2.24) is 0 Å². The molecule has 0 bridgehead atoms. The molecule has 5 heteroatoms. The average Bonchev–Trinajstić information content (AvgIpc) is 2.02. The van der Waals surface area contributed by atoms with Crippen LogP contribution in [0.15, 0.2) is 0 Å². The third-order valence-electron chi connectivity index (χ3n) is 1.74. The Morgan fingerprint density at radius 3 is 2.07 bits per heavy atom. The van der Waals surface area contributed by atoms with E-state index >= 15 is 0 Å². The van der Waals surface area contributed by atoms with Gasteiger partial charge in [-0.2, -0.15) is 0 Å². The molecule has 0 aromatic heterocycles. The van der Waals surface area contributed by atoms with Gasteiger partial charge in [-0.3, -0.25) is 9.59 Å². The third kappa shape index (κ3) is 17.3. The molecule has 0 amide bonds. The summed E-state index contributed by atoms with van der Waals surface area (Å²) in [7, 11) is 0. The van der Waals surface area contributed by atoms with Crippen LogP contribution in [0.25, 0.3) is 0 Å². The molecule has 0 aliphatic carbocycles. The molecule has 15 heavy (non-hydrogen) atoms. The van der Waals surface area contributed by atoms with Gasteiger partial charge in [0.15, 0.2) is 0 Å². The summed E-state index contributed by atoms with van der Waals surface area (Å²) in [5.41, 5.74) is 0. The number of hydrogen-bond acceptors (Lipinski definition) is 3. The molecular formula is C10H19CoNaO3. The van der Waals surface area contributed by atoms with Gasteiger partial charge in [0.05, 0.1) is 0 Å². The fourth-order valence-corrected chi connectivity index (χ4v) is 1.08. The summed E-state index contributed by atoms with van der Waals surface area (Å²) in [6.07, 6.45) is 5.79. The predicted molar refractivity (Wildman–Crippen MR) is 57.3 cm³/mol. The summed E-state index contributed by atoms with van der Waals surface area (Å²) in [5, 5.41) is 0. The molecule has 1 radical (unpaired) electrons. The fraction of sp³-hybridized carbons (Fsp3) is 0.800. The second-order valence-corrected chi connectivity index (χ2v) is 3.13. The van der Waals surface area contributed by atoms with Gasteiger partial charge in [-0.1, -0.05) is 32.6 Å². The normalized spacial score (nSPS) is 8.40. The van der Waals surface area contributed by atoms with E-state index in [1.165, 1.54) is 19.8 Å². The van der Waals surface area contributed by atoms with E-state index < -0.39 is 11.9 Å². The van der Waals surface area contributed by atoms with E-state index in [1.54, 1.807) is 0 Å². The first-order valence-electron chi connectivity index (χ1n) is 4.88. The second kappa shape index (κ2) is 14.6. The predicted octanol–water partition coefficient (Wildman–Crippen LogP) is 1.79. The number of rotatable bonds is 6. The molecule has 0 rings (SSSR count). The van der Waals surface area contributed by atoms with E-state index in [2.05, 4.69) is 11.7 Å². The summed E-state index contributed by atoms with van der Waals surface area (Å²) in [6.45, 7) is 3.39. The van der Waals surface area contributed by atoms with E-state index in [0.29, 0.717) is 6.42 Å². The van der Waals surface area contributed by atoms with Crippen LogP contribution in [0.2, 0.25) is 0 Å². The molecule has 0 N–H and O–H groups in total. The summed E-state index contributed by atoms with van der Waals surface area (Å²) in [4.78, 5) is 21.2. The molecule has 0 atom stereocenters. The van der Waals surface area contributed by atoms with Crippen molar-refractivity contribution in [2.24, 2.45) is 0 Å². The minimum atomic E-state index is -0.515. The molecular weight excluding hydrogens is 250 g/mol. The number of carbonyl (C=O) groups is 2. The van der Waals surface area contributed by atoms with Crippen molar-refractivity contribution in [1.29, 1.82) is 0 Å². The molecule has 0 saturated carbocycles. The number of unbranched alkanes of at least 4 members (excludes halogenated alkanes) is 4. The van der Waals surface area contributed by atoms with Gasteiger partial charge in [0.25, 0.3) is 0 Å². The van der Waals surface area contributed by atoms with E-state index in [4.69, 9.17) is 0 Å². The molecule has 0 heterocycles. The zero-order valence-corrected chi connectivity index (χ0v) is 9.84. The third-order valence-corrected chi connectivity index (χ3v) is 1.74. The van der Waals surface area contributed by atoms with Crippen molar-refractivity contribution < 1.29 is 31.1 Å². The first-order chi connectivity index (χ1) is 6.16. The van der Waals surface area contributed by atoms with E-state index in [9.17, 15) is 9.59 Å². The molecule has 3 nitrogen and oxygen atoms in total. The molecule has 87 valence electrons. The van der Waals surface area contributed by atoms with Crippen molar-refractivity contribution in [3.63, 3.8) is 0 Å². The first kappa shape index (κ1) is 21.0. The van der Waals surface area contributed by atoms with Gasteiger partial charge in [-0.05, 0) is 6.42 Å². The monoisotopic (exact) mass is 269 g/mol. The molecule has 0 fully saturated rings. The average molecular weight is 269 g/mol. The van der Waals surface area contributed by atoms with Crippen molar-refractivity contribution in [2.45, 2.75) is 52.4 Å². The fourth-order valence-electron chi connectivity index (χ4n) is 1.08. The van der Waals surface area contributed by atoms with Gasteiger partial charge in [-0.15, -0.1) is 0 Å². The van der Waals surface area contributed by atoms with E-state index in [-0.39, 0.29) is 46.3 Å². The summed E-state index contributed by atoms with van der Waals surface area (Å²) in [5.74, 6) is -0.914. The SMILES string of the molecule is CCCCCCCC(=O)OC(C)=O.[Co].[NaH]. The van der Waals surface area contributed by atoms with Gasteiger partial charge in [0, 0.05) is 30.1 Å². The Labute approximate surface area is 124 Å². The van der Waals surface area contributed by atoms with Crippen molar-refractivity contribution in [3.8, 4) is 0 Å². The van der Waals surface area contributed by atoms with Crippen molar-refractivity contribution in [2.75, 3.05) is 0 Å². The Morgan fingerprint density at radius 1 is 1.07 bits per heavy atom. The number of carbonyl (C=O) groups excluding carboxylic acids is 2. The molecule has 0 aliphatic heterocycles. The Bertz CT molecular complexity index is 174. The first-order valence-corrected chi connectivity index (χ1v) is 4.88. The Hall–Kier alpha value is 0.646. The van der Waals surface area contributed by atoms with Gasteiger partial charge in [0.1, 0.15) is 0 Å². The van der Waals surface area contributed by atoms with Crippen molar-refractivity contribution in [3.05, 3.63) is 0 Å². The van der Waals surface area contributed by atoms with Crippen LogP contribution in [0.3, 0.4) is 0 Å². The van der Waals surface area contributed by atoms with E-state index in [0.717, 1.165) is 19.3 Å². The van der Waals surface area contributed by atoms with Crippen LogP contribution in [-0.4, -0.2) is 41.5 Å². The zero-order valence-electron chi connectivity index (χ0n) is 8.80. The maximum absolute atomic E-state index is 10.8. The molecule has 0 saturated heterocycles. The van der Waals surface area contributed by atoms with Crippen LogP contribution in [0.1, 0.15) is 52.4 Å². The molecule has 0 aromatic carbocycles. The van der Waals surface area contributed by atoms with Crippen LogP contribution in [0.4, 0.5) is 0 Å². The summed E-state index contributed by atoms with van der Waals surface area (Å²) < 4.78 is 4.38. The van der Waals surface area contributed by atoms with Crippen LogP contribution in [0, 0.1) is 0 Å². The van der Waals surface area contributed by atoms with E-state index in [1.807, 2.05) is 0 Å². The Kier molecular flexibility index (Phi) is 20.5. The minimum absolute atomic E-state index is 0. The van der Waals surface area contributed by atoms with Gasteiger partial charge in [0.2, 0.25) is 0 Å². The number of esters is 2. The number of hydrogen-bond donors (Lipinski definition) is 0. The topological polar surface area (TPSA) is 43.4 Å². The summed E-state index contributed by atoms with van der Waals surface area (Å²) >= 11 is 0. The molecule has 0 unspecified atom stereocenters. The zero-order chi connectivity index (χ0) is 10.1. The van der Waals surface area contributed by atoms with Gasteiger partial charge >= 0.3 is 41.5 Å². The molecule has 0 aliphatic rings. The molecule has 0 spiro atoms. The quantitative estimate of drug-likeness (QED) is 0.319. The van der Waals surface area contributed by atoms with Gasteiger partial charge < -0.3 is 4.74 Å². The van der Waals surface area contributed by atoms with Crippen LogP contribution in [-0.2, 0) is 31.1 Å². The van der Waals surface area contributed by atoms with Crippen molar-refractivity contribution >= 4 is 41.5 Å². The van der Waals surface area contributed by atoms with Crippen LogP contribution in [0.5, 0.6) is 0 Å². The van der Waals surface area contributed by atoms with Crippen LogP contribution >= 0.6 is 0 Å². The van der Waals surface area contributed by atoms with Crippen LogP contribution < -0.4 is 0 Å². The standard InChI is InChI=1S/C10H18O3.Co.Na.H/c1-3-4-5-6-7-8-10(12)13-9(2)11;;;/h3-8H2,1-2H3;;;.